The molecule has 6 heteroatoms. The first-order valence-corrected chi connectivity index (χ1v) is 6.87. The summed E-state index contributed by atoms with van der Waals surface area (Å²) in [5, 5.41) is 3.80. The lowest BCUT2D eigenvalue weighted by molar-refractivity contribution is 0.0955. The van der Waals surface area contributed by atoms with Crippen molar-refractivity contribution in [1.29, 1.82) is 0 Å². The van der Waals surface area contributed by atoms with Crippen molar-refractivity contribution in [2.75, 3.05) is 12.3 Å². The molecule has 1 amide bonds. The largest absolute Gasteiger partial charge is 0.399 e. The van der Waals surface area contributed by atoms with Crippen LogP contribution in [0.25, 0.3) is 10.9 Å². The number of carbonyl (C=O) groups excluding carboxylic acids is 1. The van der Waals surface area contributed by atoms with Gasteiger partial charge >= 0.3 is 0 Å². The van der Waals surface area contributed by atoms with E-state index in [1.54, 1.807) is 24.7 Å². The van der Waals surface area contributed by atoms with Gasteiger partial charge in [0.15, 0.2) is 0 Å². The summed E-state index contributed by atoms with van der Waals surface area (Å²) in [6.07, 6.45) is 6.90. The van der Waals surface area contributed by atoms with Crippen LogP contribution in [0.1, 0.15) is 22.6 Å². The third-order valence-corrected chi connectivity index (χ3v) is 3.38. The molecule has 0 atom stereocenters. The average Bonchev–Trinajstić information content (AvgIpc) is 3.12. The number of nitrogens with one attached hydrogen (secondary N) is 3. The van der Waals surface area contributed by atoms with Crippen LogP contribution in [-0.4, -0.2) is 27.4 Å². The SMILES string of the molecule is Nc1ccc2c(C(=O)NCCCc3ncc[nH]3)c[nH]c2c1. The molecule has 1 aromatic carbocycles. The van der Waals surface area contributed by atoms with Crippen molar-refractivity contribution in [2.45, 2.75) is 12.8 Å². The van der Waals surface area contributed by atoms with Crippen LogP contribution in [0.3, 0.4) is 0 Å². The van der Waals surface area contributed by atoms with Crippen LogP contribution in [0.5, 0.6) is 0 Å². The first kappa shape index (κ1) is 13.2. The van der Waals surface area contributed by atoms with Crippen molar-refractivity contribution in [3.63, 3.8) is 0 Å². The number of nitrogen functional groups attached to an aromatic ring is 1. The molecule has 0 unspecified atom stereocenters. The summed E-state index contributed by atoms with van der Waals surface area (Å²) < 4.78 is 0. The standard InChI is InChI=1S/C15H17N5O/c16-10-3-4-11-12(9-20-13(11)8-10)15(21)19-5-1-2-14-17-6-7-18-14/h3-4,6-9,20H,1-2,5,16H2,(H,17,18)(H,19,21). The quantitative estimate of drug-likeness (QED) is 0.424. The van der Waals surface area contributed by atoms with Gasteiger partial charge in [-0.2, -0.15) is 0 Å². The highest BCUT2D eigenvalue weighted by atomic mass is 16.1. The maximum Gasteiger partial charge on any atom is 0.253 e. The molecule has 108 valence electrons. The summed E-state index contributed by atoms with van der Waals surface area (Å²) in [5.74, 6) is 0.859. The number of hydrogen-bond acceptors (Lipinski definition) is 3. The highest BCUT2D eigenvalue weighted by molar-refractivity contribution is 6.07. The lowest BCUT2D eigenvalue weighted by Crippen LogP contribution is -2.24. The topological polar surface area (TPSA) is 99.6 Å². The number of fused-ring (bicyclic) bond motifs is 1. The fourth-order valence-electron chi connectivity index (χ4n) is 2.32. The van der Waals surface area contributed by atoms with Gasteiger partial charge in [0.1, 0.15) is 5.82 Å². The first-order valence-electron chi connectivity index (χ1n) is 6.87. The Labute approximate surface area is 121 Å². The van der Waals surface area contributed by atoms with E-state index in [4.69, 9.17) is 5.73 Å². The number of nitrogens with zero attached hydrogens (tertiary/aromatic N) is 1. The van der Waals surface area contributed by atoms with E-state index in [-0.39, 0.29) is 5.91 Å². The molecule has 6 nitrogen and oxygen atoms in total. The number of H-pyrrole nitrogens is 2. The number of aromatic nitrogens is 3. The summed E-state index contributed by atoms with van der Waals surface area (Å²) >= 11 is 0. The van der Waals surface area contributed by atoms with Gasteiger partial charge in [-0.15, -0.1) is 0 Å². The Bertz CT molecular complexity index is 745. The van der Waals surface area contributed by atoms with E-state index in [0.717, 1.165) is 29.6 Å². The summed E-state index contributed by atoms with van der Waals surface area (Å²) in [7, 11) is 0. The maximum absolute atomic E-state index is 12.2. The predicted octanol–water partition coefficient (Wildman–Crippen LogP) is 1.84. The predicted molar refractivity (Wildman–Crippen MR) is 82.0 cm³/mol. The van der Waals surface area contributed by atoms with E-state index in [9.17, 15) is 4.79 Å². The van der Waals surface area contributed by atoms with E-state index >= 15 is 0 Å². The highest BCUT2D eigenvalue weighted by Gasteiger charge is 2.11. The van der Waals surface area contributed by atoms with E-state index in [2.05, 4.69) is 20.3 Å². The van der Waals surface area contributed by atoms with Crippen molar-refractivity contribution in [3.05, 3.63) is 48.2 Å². The zero-order chi connectivity index (χ0) is 14.7. The Kier molecular flexibility index (Phi) is 3.59. The third kappa shape index (κ3) is 2.89. The second kappa shape index (κ2) is 5.70. The minimum atomic E-state index is -0.0783. The van der Waals surface area contributed by atoms with Gasteiger partial charge in [0.05, 0.1) is 5.56 Å². The first-order chi connectivity index (χ1) is 10.2. The smallest absolute Gasteiger partial charge is 0.253 e. The molecule has 0 aliphatic heterocycles. The molecular weight excluding hydrogens is 266 g/mol. The Balaban J connectivity index is 1.59. The summed E-state index contributed by atoms with van der Waals surface area (Å²) in [6.45, 7) is 0.612. The van der Waals surface area contributed by atoms with Gasteiger partial charge in [0, 0.05) is 48.1 Å². The lowest BCUT2D eigenvalue weighted by atomic mass is 10.1. The molecule has 0 fully saturated rings. The Morgan fingerprint density at radius 1 is 1.33 bits per heavy atom. The minimum Gasteiger partial charge on any atom is -0.399 e. The Morgan fingerprint density at radius 2 is 2.24 bits per heavy atom. The van der Waals surface area contributed by atoms with Crippen LogP contribution in [0.15, 0.2) is 36.8 Å². The van der Waals surface area contributed by atoms with Crippen molar-refractivity contribution in [2.24, 2.45) is 0 Å². The van der Waals surface area contributed by atoms with Crippen LogP contribution in [0.4, 0.5) is 5.69 Å². The average molecular weight is 283 g/mol. The van der Waals surface area contributed by atoms with Gasteiger partial charge in [0.2, 0.25) is 0 Å². The van der Waals surface area contributed by atoms with Gasteiger partial charge in [-0.25, -0.2) is 4.98 Å². The molecule has 3 rings (SSSR count). The molecule has 5 N–H and O–H groups in total. The molecule has 0 aliphatic rings. The number of amides is 1. The number of hydrogen-bond donors (Lipinski definition) is 4. The summed E-state index contributed by atoms with van der Waals surface area (Å²) in [5.41, 5.74) is 7.91. The van der Waals surface area contributed by atoms with Gasteiger partial charge < -0.3 is 21.0 Å². The minimum absolute atomic E-state index is 0.0783. The van der Waals surface area contributed by atoms with Crippen LogP contribution in [0.2, 0.25) is 0 Å². The zero-order valence-electron chi connectivity index (χ0n) is 11.5. The number of aromatic amines is 2. The zero-order valence-corrected chi connectivity index (χ0v) is 11.5. The summed E-state index contributed by atoms with van der Waals surface area (Å²) in [4.78, 5) is 22.4. The van der Waals surface area contributed by atoms with Crippen molar-refractivity contribution in [3.8, 4) is 0 Å². The van der Waals surface area contributed by atoms with Crippen molar-refractivity contribution >= 4 is 22.5 Å². The summed E-state index contributed by atoms with van der Waals surface area (Å²) in [6, 6.07) is 5.48. The van der Waals surface area contributed by atoms with Gasteiger partial charge in [-0.05, 0) is 24.6 Å². The molecular formula is C15H17N5O. The number of imidazole rings is 1. The fourth-order valence-corrected chi connectivity index (χ4v) is 2.32. The number of anilines is 1. The lowest BCUT2D eigenvalue weighted by Gasteiger charge is -2.03. The van der Waals surface area contributed by atoms with Crippen LogP contribution in [-0.2, 0) is 6.42 Å². The second-order valence-electron chi connectivity index (χ2n) is 4.90. The fraction of sp³-hybridized carbons (Fsp3) is 0.200. The molecule has 0 radical (unpaired) electrons. The van der Waals surface area contributed by atoms with E-state index in [0.29, 0.717) is 17.8 Å². The molecule has 0 saturated heterocycles. The van der Waals surface area contributed by atoms with Crippen LogP contribution >= 0.6 is 0 Å². The monoisotopic (exact) mass is 283 g/mol. The van der Waals surface area contributed by atoms with Crippen molar-refractivity contribution < 1.29 is 4.79 Å². The second-order valence-corrected chi connectivity index (χ2v) is 4.90. The Morgan fingerprint density at radius 3 is 3.05 bits per heavy atom. The molecule has 2 heterocycles. The number of benzene rings is 1. The molecule has 21 heavy (non-hydrogen) atoms. The Hall–Kier alpha value is -2.76. The van der Waals surface area contributed by atoms with E-state index < -0.39 is 0 Å². The molecule has 2 aromatic heterocycles. The molecule has 0 spiro atoms. The third-order valence-electron chi connectivity index (χ3n) is 3.38. The molecule has 0 bridgehead atoms. The number of rotatable bonds is 5. The number of aryl methyl sites for hydroxylation is 1. The number of nitrogens with two attached hydrogens (primary N) is 1. The van der Waals surface area contributed by atoms with Gasteiger partial charge in [-0.3, -0.25) is 4.79 Å². The van der Waals surface area contributed by atoms with E-state index in [1.165, 1.54) is 0 Å². The molecule has 3 aromatic rings. The van der Waals surface area contributed by atoms with Crippen LogP contribution in [0, 0.1) is 0 Å². The number of carbonyl (C=O) groups is 1. The van der Waals surface area contributed by atoms with Crippen LogP contribution < -0.4 is 11.1 Å². The normalized spacial score (nSPS) is 10.9. The molecule has 0 aliphatic carbocycles. The maximum atomic E-state index is 12.2. The van der Waals surface area contributed by atoms with E-state index in [1.807, 2.05) is 12.1 Å². The van der Waals surface area contributed by atoms with Gasteiger partial charge in [0.25, 0.3) is 5.91 Å². The van der Waals surface area contributed by atoms with Gasteiger partial charge in [-0.1, -0.05) is 0 Å². The van der Waals surface area contributed by atoms with Crippen molar-refractivity contribution in [1.82, 2.24) is 20.3 Å². The highest BCUT2D eigenvalue weighted by Crippen LogP contribution is 2.20. The molecule has 0 saturated carbocycles.